The molecule has 108 valence electrons. The lowest BCUT2D eigenvalue weighted by Crippen LogP contribution is -2.16. The molecule has 0 bridgehead atoms. The summed E-state index contributed by atoms with van der Waals surface area (Å²) in [6.07, 6.45) is -3.24. The van der Waals surface area contributed by atoms with E-state index in [-0.39, 0.29) is 11.4 Å². The van der Waals surface area contributed by atoms with E-state index in [0.717, 1.165) is 10.7 Å². The Bertz CT molecular complexity index is 632. The molecule has 1 heterocycles. The second kappa shape index (κ2) is 4.85. The molecule has 2 rings (SSSR count). The van der Waals surface area contributed by atoms with Crippen LogP contribution in [0.15, 0.2) is 28.9 Å². The number of aliphatic hydroxyl groups is 1. The Hall–Kier alpha value is -1.41. The molecule has 1 N–H and O–H groups in total. The molecule has 4 nitrogen and oxygen atoms in total. The summed E-state index contributed by atoms with van der Waals surface area (Å²) in [5, 5.41) is 17.1. The van der Waals surface area contributed by atoms with Gasteiger partial charge < -0.3 is 5.11 Å². The van der Waals surface area contributed by atoms with Crippen molar-refractivity contribution >= 4 is 15.9 Å². The Kier molecular flexibility index (Phi) is 3.64. The van der Waals surface area contributed by atoms with E-state index in [1.165, 1.54) is 32.2 Å². The van der Waals surface area contributed by atoms with Crippen molar-refractivity contribution in [3.05, 3.63) is 40.1 Å². The monoisotopic (exact) mass is 349 g/mol. The zero-order valence-corrected chi connectivity index (χ0v) is 12.2. The Morgan fingerprint density at radius 3 is 2.40 bits per heavy atom. The normalized spacial score (nSPS) is 12.8. The zero-order valence-electron chi connectivity index (χ0n) is 10.6. The third kappa shape index (κ3) is 3.01. The summed E-state index contributed by atoms with van der Waals surface area (Å²) in [5.41, 5.74) is -2.07. The average Bonchev–Trinajstić information content (AvgIpc) is 2.76. The topological polar surface area (TPSA) is 50.9 Å². The van der Waals surface area contributed by atoms with Crippen molar-refractivity contribution in [2.75, 3.05) is 0 Å². The van der Waals surface area contributed by atoms with Crippen molar-refractivity contribution in [1.29, 1.82) is 0 Å². The van der Waals surface area contributed by atoms with Crippen LogP contribution in [0.4, 0.5) is 13.2 Å². The first-order valence-corrected chi connectivity index (χ1v) is 6.40. The molecule has 0 radical (unpaired) electrons. The summed E-state index contributed by atoms with van der Waals surface area (Å²) in [5.74, 6) is 0. The predicted octanol–water partition coefficient (Wildman–Crippen LogP) is 3.28. The highest BCUT2D eigenvalue weighted by Gasteiger charge is 2.35. The minimum atomic E-state index is -4.51. The van der Waals surface area contributed by atoms with Crippen LogP contribution >= 0.6 is 15.9 Å². The Balaban J connectivity index is 2.56. The number of alkyl halides is 3. The second-order valence-electron chi connectivity index (χ2n) is 4.77. The molecule has 0 saturated carbocycles. The van der Waals surface area contributed by atoms with Crippen LogP contribution in [0.5, 0.6) is 0 Å². The molecular formula is C12H11BrF3N3O. The van der Waals surface area contributed by atoms with Crippen LogP contribution in [-0.2, 0) is 11.8 Å². The fourth-order valence-electron chi connectivity index (χ4n) is 1.60. The van der Waals surface area contributed by atoms with E-state index in [9.17, 15) is 18.3 Å². The lowest BCUT2D eigenvalue weighted by Gasteiger charge is -2.13. The van der Waals surface area contributed by atoms with Gasteiger partial charge in [-0.2, -0.15) is 13.2 Å². The standard InChI is InChI=1S/C12H11BrF3N3O/c1-11(2,20)10-6-19(18-17-10)9-4-3-7(13)5-8(9)12(14,15)16/h3-6,20H,1-2H3. The second-order valence-corrected chi connectivity index (χ2v) is 5.68. The van der Waals surface area contributed by atoms with E-state index >= 15 is 0 Å². The van der Waals surface area contributed by atoms with E-state index in [4.69, 9.17) is 0 Å². The summed E-state index contributed by atoms with van der Waals surface area (Å²) < 4.78 is 40.4. The van der Waals surface area contributed by atoms with Crippen molar-refractivity contribution < 1.29 is 18.3 Å². The van der Waals surface area contributed by atoms with Gasteiger partial charge in [-0.25, -0.2) is 4.68 Å². The molecule has 0 atom stereocenters. The Morgan fingerprint density at radius 2 is 1.90 bits per heavy atom. The summed E-state index contributed by atoms with van der Waals surface area (Å²) in [6.45, 7) is 2.96. The van der Waals surface area contributed by atoms with Gasteiger partial charge in [-0.15, -0.1) is 5.10 Å². The van der Waals surface area contributed by atoms with E-state index in [2.05, 4.69) is 26.2 Å². The Labute approximate surface area is 121 Å². The first kappa shape index (κ1) is 15.0. The lowest BCUT2D eigenvalue weighted by atomic mass is 10.1. The third-order valence-corrected chi connectivity index (χ3v) is 3.12. The van der Waals surface area contributed by atoms with Gasteiger partial charge in [-0.1, -0.05) is 21.1 Å². The zero-order chi connectivity index (χ0) is 15.1. The molecule has 0 unspecified atom stereocenters. The summed E-state index contributed by atoms with van der Waals surface area (Å²) in [7, 11) is 0. The highest BCUT2D eigenvalue weighted by molar-refractivity contribution is 9.10. The molecule has 0 fully saturated rings. The number of rotatable bonds is 2. The van der Waals surface area contributed by atoms with Crippen LogP contribution in [0.1, 0.15) is 25.1 Å². The average molecular weight is 350 g/mol. The minimum absolute atomic E-state index is 0.149. The minimum Gasteiger partial charge on any atom is -0.384 e. The van der Waals surface area contributed by atoms with Gasteiger partial charge in [0.1, 0.15) is 11.3 Å². The predicted molar refractivity (Wildman–Crippen MR) is 69.3 cm³/mol. The van der Waals surface area contributed by atoms with E-state index in [0.29, 0.717) is 4.47 Å². The summed E-state index contributed by atoms with van der Waals surface area (Å²) >= 11 is 3.01. The van der Waals surface area contributed by atoms with Crippen LogP contribution < -0.4 is 0 Å². The van der Waals surface area contributed by atoms with Gasteiger partial charge in [0.25, 0.3) is 0 Å². The van der Waals surface area contributed by atoms with Gasteiger partial charge in [0, 0.05) is 4.47 Å². The molecule has 0 saturated heterocycles. The molecule has 0 spiro atoms. The molecule has 0 aliphatic carbocycles. The van der Waals surface area contributed by atoms with E-state index < -0.39 is 17.3 Å². The van der Waals surface area contributed by atoms with Crippen LogP contribution in [0.2, 0.25) is 0 Å². The maximum atomic E-state index is 13.0. The molecule has 8 heteroatoms. The van der Waals surface area contributed by atoms with Crippen LogP contribution in [0.3, 0.4) is 0 Å². The fourth-order valence-corrected chi connectivity index (χ4v) is 1.96. The van der Waals surface area contributed by atoms with Crippen molar-refractivity contribution in [2.45, 2.75) is 25.6 Å². The third-order valence-electron chi connectivity index (χ3n) is 2.63. The molecule has 20 heavy (non-hydrogen) atoms. The van der Waals surface area contributed by atoms with Crippen LogP contribution in [-0.4, -0.2) is 20.1 Å². The van der Waals surface area contributed by atoms with Gasteiger partial charge in [0.15, 0.2) is 0 Å². The molecule has 1 aromatic carbocycles. The summed E-state index contributed by atoms with van der Waals surface area (Å²) in [4.78, 5) is 0. The largest absolute Gasteiger partial charge is 0.418 e. The fraction of sp³-hybridized carbons (Fsp3) is 0.333. The first-order chi connectivity index (χ1) is 9.09. The van der Waals surface area contributed by atoms with Gasteiger partial charge in [-0.05, 0) is 32.0 Å². The highest BCUT2D eigenvalue weighted by Crippen LogP contribution is 2.35. The summed E-state index contributed by atoms with van der Waals surface area (Å²) in [6, 6.07) is 3.74. The highest BCUT2D eigenvalue weighted by atomic mass is 79.9. The number of aromatic nitrogens is 3. The maximum absolute atomic E-state index is 13.0. The number of nitrogens with zero attached hydrogens (tertiary/aromatic N) is 3. The maximum Gasteiger partial charge on any atom is 0.418 e. The van der Waals surface area contributed by atoms with Gasteiger partial charge in [0.05, 0.1) is 17.4 Å². The number of halogens is 4. The SMILES string of the molecule is CC(C)(O)c1cn(-c2ccc(Br)cc2C(F)(F)F)nn1. The molecular weight excluding hydrogens is 339 g/mol. The van der Waals surface area contributed by atoms with Crippen LogP contribution in [0, 0.1) is 0 Å². The van der Waals surface area contributed by atoms with Crippen molar-refractivity contribution in [1.82, 2.24) is 15.0 Å². The van der Waals surface area contributed by atoms with Crippen molar-refractivity contribution in [2.24, 2.45) is 0 Å². The molecule has 0 amide bonds. The van der Waals surface area contributed by atoms with Crippen LogP contribution in [0.25, 0.3) is 5.69 Å². The van der Waals surface area contributed by atoms with E-state index in [1.807, 2.05) is 0 Å². The molecule has 0 aliphatic heterocycles. The molecule has 0 aliphatic rings. The lowest BCUT2D eigenvalue weighted by molar-refractivity contribution is -0.137. The quantitative estimate of drug-likeness (QED) is 0.905. The molecule has 1 aromatic heterocycles. The van der Waals surface area contributed by atoms with Crippen molar-refractivity contribution in [3.8, 4) is 5.69 Å². The van der Waals surface area contributed by atoms with E-state index in [1.54, 1.807) is 0 Å². The molecule has 2 aromatic rings. The first-order valence-electron chi connectivity index (χ1n) is 5.61. The van der Waals surface area contributed by atoms with Crippen molar-refractivity contribution in [3.63, 3.8) is 0 Å². The van der Waals surface area contributed by atoms with Gasteiger partial charge in [0.2, 0.25) is 0 Å². The van der Waals surface area contributed by atoms with Gasteiger partial charge in [-0.3, -0.25) is 0 Å². The number of hydrogen-bond acceptors (Lipinski definition) is 3. The number of benzene rings is 1. The number of hydrogen-bond donors (Lipinski definition) is 1. The Morgan fingerprint density at radius 1 is 1.25 bits per heavy atom. The van der Waals surface area contributed by atoms with Gasteiger partial charge >= 0.3 is 6.18 Å². The smallest absolute Gasteiger partial charge is 0.384 e.